The van der Waals surface area contributed by atoms with Gasteiger partial charge in [-0.3, -0.25) is 4.98 Å². The second-order valence-electron chi connectivity index (χ2n) is 7.24. The average Bonchev–Trinajstić information content (AvgIpc) is 3.15. The van der Waals surface area contributed by atoms with Crippen LogP contribution in [0.5, 0.6) is 11.5 Å². The third-order valence-electron chi connectivity index (χ3n) is 5.38. The van der Waals surface area contributed by atoms with E-state index in [9.17, 15) is 0 Å². The summed E-state index contributed by atoms with van der Waals surface area (Å²) in [5, 5.41) is 4.72. The summed E-state index contributed by atoms with van der Waals surface area (Å²) in [7, 11) is 0. The van der Waals surface area contributed by atoms with Crippen LogP contribution < -0.4 is 9.47 Å². The molecule has 0 bridgehead atoms. The van der Waals surface area contributed by atoms with E-state index in [1.54, 1.807) is 0 Å². The lowest BCUT2D eigenvalue weighted by atomic mass is 10.2. The molecule has 1 saturated carbocycles. The van der Waals surface area contributed by atoms with Crippen molar-refractivity contribution in [2.75, 3.05) is 13.2 Å². The van der Waals surface area contributed by atoms with E-state index in [4.69, 9.17) is 24.5 Å². The third-order valence-corrected chi connectivity index (χ3v) is 5.38. The second-order valence-corrected chi connectivity index (χ2v) is 7.24. The number of ether oxygens (including phenoxy) is 2. The molecule has 2 aliphatic rings. The van der Waals surface area contributed by atoms with Gasteiger partial charge in [-0.15, -0.1) is 0 Å². The standard InChI is InChI=1S/C19H18N6O2/c1-10-8-20-11(2)18-22-17(23-25(10)18)13-7-12(13)14-9-24-4-3-15-16(19(24)21-14)27-6-5-26-15/h3-4,8-9,12-13H,5-7H2,1-2H3. The summed E-state index contributed by atoms with van der Waals surface area (Å²) in [6, 6.07) is 1.93. The molecule has 1 fully saturated rings. The molecule has 8 nitrogen and oxygen atoms in total. The summed E-state index contributed by atoms with van der Waals surface area (Å²) < 4.78 is 15.3. The predicted octanol–water partition coefficient (Wildman–Crippen LogP) is 2.43. The van der Waals surface area contributed by atoms with Gasteiger partial charge in [-0.25, -0.2) is 14.5 Å². The van der Waals surface area contributed by atoms with Crippen molar-refractivity contribution in [2.24, 2.45) is 0 Å². The van der Waals surface area contributed by atoms with E-state index in [-0.39, 0.29) is 0 Å². The van der Waals surface area contributed by atoms with E-state index in [2.05, 4.69) is 11.2 Å². The molecular formula is C19H18N6O2. The van der Waals surface area contributed by atoms with Gasteiger partial charge in [0.1, 0.15) is 13.2 Å². The Kier molecular flexibility index (Phi) is 2.87. The molecule has 1 aliphatic heterocycles. The van der Waals surface area contributed by atoms with Crippen LogP contribution in [0.4, 0.5) is 0 Å². The first-order valence-electron chi connectivity index (χ1n) is 9.15. The summed E-state index contributed by atoms with van der Waals surface area (Å²) >= 11 is 0. The van der Waals surface area contributed by atoms with Crippen molar-refractivity contribution in [1.82, 2.24) is 29.0 Å². The van der Waals surface area contributed by atoms with Gasteiger partial charge in [-0.2, -0.15) is 5.10 Å². The van der Waals surface area contributed by atoms with Crippen LogP contribution in [0.25, 0.3) is 11.3 Å². The number of aryl methyl sites for hydroxylation is 2. The monoisotopic (exact) mass is 362 g/mol. The van der Waals surface area contributed by atoms with Crippen molar-refractivity contribution in [1.29, 1.82) is 0 Å². The lowest BCUT2D eigenvalue weighted by Crippen LogP contribution is -2.16. The van der Waals surface area contributed by atoms with E-state index in [0.717, 1.165) is 52.1 Å². The highest BCUT2D eigenvalue weighted by Crippen LogP contribution is 2.53. The SMILES string of the molecule is Cc1ncc(C)n2nc(C3CC3c3cn4ccc5c(c4n3)OCCO5)nc12. The maximum atomic E-state index is 5.78. The summed E-state index contributed by atoms with van der Waals surface area (Å²) in [5.74, 6) is 2.99. The number of rotatable bonds is 2. The van der Waals surface area contributed by atoms with Crippen LogP contribution in [-0.2, 0) is 0 Å². The predicted molar refractivity (Wildman–Crippen MR) is 96.5 cm³/mol. The molecule has 4 aromatic rings. The zero-order valence-corrected chi connectivity index (χ0v) is 15.1. The highest BCUT2D eigenvalue weighted by atomic mass is 16.6. The minimum absolute atomic E-state index is 0.293. The molecule has 4 aromatic heterocycles. The summed E-state index contributed by atoms with van der Waals surface area (Å²) in [6.07, 6.45) is 6.88. The molecule has 6 rings (SSSR count). The molecule has 27 heavy (non-hydrogen) atoms. The fraction of sp³-hybridized carbons (Fsp3) is 0.368. The number of hydrogen-bond acceptors (Lipinski definition) is 6. The molecule has 1 aliphatic carbocycles. The molecule has 0 aromatic carbocycles. The molecule has 0 radical (unpaired) electrons. The number of hydrogen-bond donors (Lipinski definition) is 0. The van der Waals surface area contributed by atoms with E-state index in [1.165, 1.54) is 0 Å². The Morgan fingerprint density at radius 1 is 1.07 bits per heavy atom. The first-order chi connectivity index (χ1) is 13.2. The van der Waals surface area contributed by atoms with Gasteiger partial charge in [-0.05, 0) is 20.3 Å². The second kappa shape index (κ2) is 5.18. The lowest BCUT2D eigenvalue weighted by Gasteiger charge is -2.18. The van der Waals surface area contributed by atoms with Gasteiger partial charge in [0, 0.05) is 36.5 Å². The smallest absolute Gasteiger partial charge is 0.205 e. The molecule has 136 valence electrons. The molecule has 0 N–H and O–H groups in total. The summed E-state index contributed by atoms with van der Waals surface area (Å²) in [6.45, 7) is 5.09. The molecule has 2 atom stereocenters. The van der Waals surface area contributed by atoms with Crippen LogP contribution in [0.3, 0.4) is 0 Å². The lowest BCUT2D eigenvalue weighted by molar-refractivity contribution is 0.172. The van der Waals surface area contributed by atoms with Crippen LogP contribution in [-0.4, -0.2) is 42.2 Å². The number of fused-ring (bicyclic) bond motifs is 4. The van der Waals surface area contributed by atoms with E-state index >= 15 is 0 Å². The Hall–Kier alpha value is -3.16. The van der Waals surface area contributed by atoms with Crippen molar-refractivity contribution < 1.29 is 9.47 Å². The summed E-state index contributed by atoms with van der Waals surface area (Å²) in [5.41, 5.74) is 4.58. The Morgan fingerprint density at radius 2 is 1.96 bits per heavy atom. The Bertz CT molecular complexity index is 1170. The van der Waals surface area contributed by atoms with Gasteiger partial charge >= 0.3 is 0 Å². The summed E-state index contributed by atoms with van der Waals surface area (Å²) in [4.78, 5) is 14.0. The number of aromatic nitrogens is 6. The van der Waals surface area contributed by atoms with E-state index < -0.39 is 0 Å². The normalized spacial score (nSPS) is 21.1. The van der Waals surface area contributed by atoms with Gasteiger partial charge in [0.2, 0.25) is 5.75 Å². The van der Waals surface area contributed by atoms with Crippen LogP contribution in [0.2, 0.25) is 0 Å². The zero-order valence-electron chi connectivity index (χ0n) is 15.1. The fourth-order valence-corrected chi connectivity index (χ4v) is 3.83. The molecule has 0 spiro atoms. The zero-order chi connectivity index (χ0) is 18.1. The first-order valence-corrected chi connectivity index (χ1v) is 9.15. The largest absolute Gasteiger partial charge is 0.486 e. The van der Waals surface area contributed by atoms with Crippen LogP contribution in [0.15, 0.2) is 24.7 Å². The topological polar surface area (TPSA) is 78.8 Å². The maximum Gasteiger partial charge on any atom is 0.205 e. The third kappa shape index (κ3) is 2.16. The van der Waals surface area contributed by atoms with Gasteiger partial charge in [-0.1, -0.05) is 0 Å². The minimum Gasteiger partial charge on any atom is -0.486 e. The van der Waals surface area contributed by atoms with Gasteiger partial charge in [0.15, 0.2) is 22.9 Å². The van der Waals surface area contributed by atoms with Crippen LogP contribution >= 0.6 is 0 Å². The molecular weight excluding hydrogens is 344 g/mol. The van der Waals surface area contributed by atoms with Crippen molar-refractivity contribution in [2.45, 2.75) is 32.1 Å². The van der Waals surface area contributed by atoms with Crippen LogP contribution in [0.1, 0.15) is 41.2 Å². The highest BCUT2D eigenvalue weighted by molar-refractivity contribution is 5.63. The quantitative estimate of drug-likeness (QED) is 0.545. The van der Waals surface area contributed by atoms with Crippen molar-refractivity contribution in [3.05, 3.63) is 47.6 Å². The van der Waals surface area contributed by atoms with E-state index in [1.807, 2.05) is 41.2 Å². The number of nitrogens with zero attached hydrogens (tertiary/aromatic N) is 6. The van der Waals surface area contributed by atoms with Crippen molar-refractivity contribution in [3.8, 4) is 11.5 Å². The highest BCUT2D eigenvalue weighted by Gasteiger charge is 2.44. The Labute approximate surface area is 154 Å². The minimum atomic E-state index is 0.293. The molecule has 0 saturated heterocycles. The first kappa shape index (κ1) is 15.0. The molecule has 5 heterocycles. The Balaban J connectivity index is 1.37. The van der Waals surface area contributed by atoms with Gasteiger partial charge < -0.3 is 13.9 Å². The number of imidazole rings is 1. The number of pyridine rings is 1. The Morgan fingerprint density at radius 3 is 2.85 bits per heavy atom. The van der Waals surface area contributed by atoms with Crippen LogP contribution in [0, 0.1) is 13.8 Å². The molecule has 8 heteroatoms. The van der Waals surface area contributed by atoms with E-state index in [0.29, 0.717) is 25.0 Å². The fourth-order valence-electron chi connectivity index (χ4n) is 3.83. The average molecular weight is 362 g/mol. The van der Waals surface area contributed by atoms with Gasteiger partial charge in [0.05, 0.1) is 17.1 Å². The van der Waals surface area contributed by atoms with Gasteiger partial charge in [0.25, 0.3) is 0 Å². The maximum absolute atomic E-state index is 5.78. The molecule has 0 amide bonds. The van der Waals surface area contributed by atoms with Crippen molar-refractivity contribution >= 4 is 11.3 Å². The van der Waals surface area contributed by atoms with Crippen molar-refractivity contribution in [3.63, 3.8) is 0 Å². The molecule has 2 unspecified atom stereocenters.